The van der Waals surface area contributed by atoms with Crippen LogP contribution in [0.25, 0.3) is 0 Å². The summed E-state index contributed by atoms with van der Waals surface area (Å²) in [6, 6.07) is 0. The summed E-state index contributed by atoms with van der Waals surface area (Å²) in [7, 11) is 1.51. The van der Waals surface area contributed by atoms with Gasteiger partial charge in [-0.15, -0.1) is 0 Å². The average molecular weight is 176 g/mol. The quantitative estimate of drug-likeness (QED) is 0.500. The van der Waals surface area contributed by atoms with Crippen LogP contribution < -0.4 is 0 Å². The Hall–Kier alpha value is -0.200. The molecule has 12 heavy (non-hydrogen) atoms. The van der Waals surface area contributed by atoms with E-state index in [0.717, 1.165) is 0 Å². The first kappa shape index (κ1) is 8.40. The van der Waals surface area contributed by atoms with Crippen LogP contribution in [0.1, 0.15) is 0 Å². The molecule has 0 radical (unpaired) electrons. The maximum atomic E-state index is 9.43. The highest BCUT2D eigenvalue weighted by molar-refractivity contribution is 5.00. The maximum absolute atomic E-state index is 9.43. The van der Waals surface area contributed by atoms with E-state index >= 15 is 0 Å². The lowest BCUT2D eigenvalue weighted by Gasteiger charge is -2.28. The van der Waals surface area contributed by atoms with Gasteiger partial charge in [0.2, 0.25) is 0 Å². The summed E-state index contributed by atoms with van der Waals surface area (Å²) < 4.78 is 15.3. The van der Waals surface area contributed by atoms with Crippen LogP contribution in [0.3, 0.4) is 0 Å². The Labute approximate surface area is 69.8 Å². The Morgan fingerprint density at radius 3 is 2.67 bits per heavy atom. The predicted octanol–water partition coefficient (Wildman–Crippen LogP) is -1.52. The third-order valence-corrected chi connectivity index (χ3v) is 2.27. The van der Waals surface area contributed by atoms with Gasteiger partial charge in [0, 0.05) is 7.11 Å². The van der Waals surface area contributed by atoms with Gasteiger partial charge < -0.3 is 24.4 Å². The van der Waals surface area contributed by atoms with E-state index in [1.807, 2.05) is 0 Å². The maximum Gasteiger partial charge on any atom is 0.186 e. The van der Waals surface area contributed by atoms with Crippen LogP contribution in [0.4, 0.5) is 0 Å². The van der Waals surface area contributed by atoms with Gasteiger partial charge >= 0.3 is 0 Å². The number of epoxide rings is 1. The molecule has 0 spiro atoms. The minimum absolute atomic E-state index is 0.159. The van der Waals surface area contributed by atoms with Gasteiger partial charge in [-0.3, -0.25) is 0 Å². The smallest absolute Gasteiger partial charge is 0.186 e. The molecule has 2 rings (SSSR count). The third-order valence-electron chi connectivity index (χ3n) is 2.27. The van der Waals surface area contributed by atoms with E-state index < -0.39 is 18.5 Å². The molecule has 2 N–H and O–H groups in total. The number of hydrogen-bond acceptors (Lipinski definition) is 5. The van der Waals surface area contributed by atoms with Crippen molar-refractivity contribution < 1.29 is 24.4 Å². The van der Waals surface area contributed by atoms with Crippen molar-refractivity contribution in [3.63, 3.8) is 0 Å². The van der Waals surface area contributed by atoms with Gasteiger partial charge in [0.15, 0.2) is 6.29 Å². The highest BCUT2D eigenvalue weighted by Crippen LogP contribution is 2.37. The van der Waals surface area contributed by atoms with Crippen molar-refractivity contribution in [1.82, 2.24) is 0 Å². The van der Waals surface area contributed by atoms with E-state index in [1.54, 1.807) is 0 Å². The largest absolute Gasteiger partial charge is 0.394 e. The minimum atomic E-state index is -0.730. The first-order chi connectivity index (χ1) is 5.77. The minimum Gasteiger partial charge on any atom is -0.394 e. The number of rotatable bonds is 2. The van der Waals surface area contributed by atoms with E-state index in [0.29, 0.717) is 0 Å². The van der Waals surface area contributed by atoms with E-state index in [-0.39, 0.29) is 18.8 Å². The first-order valence-electron chi connectivity index (χ1n) is 3.90. The van der Waals surface area contributed by atoms with Crippen molar-refractivity contribution in [2.75, 3.05) is 13.7 Å². The van der Waals surface area contributed by atoms with Gasteiger partial charge in [0.25, 0.3) is 0 Å². The third kappa shape index (κ3) is 1.14. The molecule has 5 atom stereocenters. The second-order valence-electron chi connectivity index (χ2n) is 3.02. The van der Waals surface area contributed by atoms with Gasteiger partial charge in [0.05, 0.1) is 6.61 Å². The molecule has 0 saturated carbocycles. The summed E-state index contributed by atoms with van der Waals surface area (Å²) in [5, 5.41) is 18.2. The van der Waals surface area contributed by atoms with Gasteiger partial charge in [-0.25, -0.2) is 0 Å². The molecule has 0 bridgehead atoms. The predicted molar refractivity (Wildman–Crippen MR) is 37.4 cm³/mol. The summed E-state index contributed by atoms with van der Waals surface area (Å²) in [6.45, 7) is -0.215. The van der Waals surface area contributed by atoms with Crippen molar-refractivity contribution in [3.8, 4) is 0 Å². The molecule has 5 nitrogen and oxygen atoms in total. The van der Waals surface area contributed by atoms with Gasteiger partial charge in [-0.05, 0) is 0 Å². The first-order valence-corrected chi connectivity index (χ1v) is 3.90. The lowest BCUT2D eigenvalue weighted by molar-refractivity contribution is -0.207. The molecule has 2 saturated heterocycles. The molecule has 3 unspecified atom stereocenters. The molecule has 2 aliphatic rings. The van der Waals surface area contributed by atoms with Crippen molar-refractivity contribution >= 4 is 0 Å². The van der Waals surface area contributed by atoms with Crippen molar-refractivity contribution in [2.24, 2.45) is 0 Å². The average Bonchev–Trinajstić information content (AvgIpc) is 2.85. The molecular formula is C7H12O5. The van der Waals surface area contributed by atoms with Gasteiger partial charge in [0.1, 0.15) is 24.4 Å². The second-order valence-corrected chi connectivity index (χ2v) is 3.02. The van der Waals surface area contributed by atoms with Gasteiger partial charge in [-0.2, -0.15) is 0 Å². The monoisotopic (exact) mass is 176 g/mol. The Morgan fingerprint density at radius 2 is 2.08 bits per heavy atom. The van der Waals surface area contributed by atoms with Crippen LogP contribution in [0.2, 0.25) is 0 Å². The Bertz CT molecular complexity index is 173. The summed E-state index contributed by atoms with van der Waals surface area (Å²) in [6.07, 6.45) is -2.14. The number of methoxy groups -OCH3 is 1. The highest BCUT2D eigenvalue weighted by atomic mass is 16.7. The SMILES string of the molecule is CO[C@H]1OC(CO)[C@@H](O)C2OC21. The number of aliphatic hydroxyl groups is 2. The van der Waals surface area contributed by atoms with E-state index in [2.05, 4.69) is 0 Å². The fourth-order valence-electron chi connectivity index (χ4n) is 1.51. The van der Waals surface area contributed by atoms with Crippen molar-refractivity contribution in [2.45, 2.75) is 30.7 Å². The lowest BCUT2D eigenvalue weighted by Crippen LogP contribution is -2.47. The van der Waals surface area contributed by atoms with Crippen LogP contribution >= 0.6 is 0 Å². The van der Waals surface area contributed by atoms with Gasteiger partial charge in [-0.1, -0.05) is 0 Å². The van der Waals surface area contributed by atoms with Crippen LogP contribution in [0, 0.1) is 0 Å². The number of aliphatic hydroxyl groups excluding tert-OH is 2. The molecule has 5 heteroatoms. The molecule has 0 amide bonds. The standard InChI is InChI=1S/C7H12O5/c1-10-7-6-5(12-6)4(9)3(2-8)11-7/h3-9H,2H2,1H3/t3?,4-,5?,6?,7+/m1/s1. The van der Waals surface area contributed by atoms with Crippen LogP contribution in [-0.4, -0.2) is 54.6 Å². The highest BCUT2D eigenvalue weighted by Gasteiger charge is 2.57. The fraction of sp³-hybridized carbons (Fsp3) is 1.00. The normalized spacial score (nSPS) is 51.8. The van der Waals surface area contributed by atoms with Crippen LogP contribution in [-0.2, 0) is 14.2 Å². The summed E-state index contributed by atoms with van der Waals surface area (Å²) in [5.74, 6) is 0. The summed E-state index contributed by atoms with van der Waals surface area (Å²) >= 11 is 0. The summed E-state index contributed by atoms with van der Waals surface area (Å²) in [4.78, 5) is 0. The zero-order valence-electron chi connectivity index (χ0n) is 6.71. The zero-order chi connectivity index (χ0) is 8.72. The van der Waals surface area contributed by atoms with E-state index in [9.17, 15) is 5.11 Å². The topological polar surface area (TPSA) is 71.5 Å². The zero-order valence-corrected chi connectivity index (χ0v) is 6.71. The van der Waals surface area contributed by atoms with Crippen LogP contribution in [0.15, 0.2) is 0 Å². The Kier molecular flexibility index (Phi) is 2.05. The summed E-state index contributed by atoms with van der Waals surface area (Å²) in [5.41, 5.74) is 0. The number of fused-ring (bicyclic) bond motifs is 1. The lowest BCUT2D eigenvalue weighted by atomic mass is 10.1. The molecule has 0 aromatic carbocycles. The fourth-order valence-corrected chi connectivity index (χ4v) is 1.51. The number of hydrogen-bond donors (Lipinski definition) is 2. The molecule has 0 aliphatic carbocycles. The Morgan fingerprint density at radius 1 is 1.33 bits per heavy atom. The molecule has 2 heterocycles. The molecule has 0 aromatic heterocycles. The van der Waals surface area contributed by atoms with Crippen LogP contribution in [0.5, 0.6) is 0 Å². The molecule has 0 aromatic rings. The van der Waals surface area contributed by atoms with E-state index in [1.165, 1.54) is 7.11 Å². The molecule has 2 fully saturated rings. The van der Waals surface area contributed by atoms with Crippen molar-refractivity contribution in [3.05, 3.63) is 0 Å². The molecule has 2 aliphatic heterocycles. The Balaban J connectivity index is 2.01. The number of ether oxygens (including phenoxy) is 3. The van der Waals surface area contributed by atoms with Crippen molar-refractivity contribution in [1.29, 1.82) is 0 Å². The molecule has 70 valence electrons. The second kappa shape index (κ2) is 2.93. The molecular weight excluding hydrogens is 164 g/mol. The van der Waals surface area contributed by atoms with E-state index in [4.69, 9.17) is 19.3 Å².